The Hall–Kier alpha value is -7.17. The third kappa shape index (κ3) is 9.52. The Bertz CT molecular complexity index is 3190. The molecule has 370 valence electrons. The first-order valence-electron chi connectivity index (χ1n) is 25.3. The molecule has 1 aliphatic carbocycles. The molecule has 4 aromatic carbocycles. The van der Waals surface area contributed by atoms with Crippen LogP contribution < -0.4 is 25.2 Å². The number of piperazine rings is 1. The molecule has 0 radical (unpaired) electrons. The number of amides is 3. The van der Waals surface area contributed by atoms with Crippen molar-refractivity contribution in [2.75, 3.05) is 54.4 Å². The number of aromatic carboxylic acids is 1. The zero-order chi connectivity index (χ0) is 49.5. The molecule has 7 aromatic rings. The Morgan fingerprint density at radius 1 is 0.833 bits per heavy atom. The second-order valence-corrected chi connectivity index (χ2v) is 20.8. The van der Waals surface area contributed by atoms with E-state index in [9.17, 15) is 24.3 Å². The zero-order valence-corrected chi connectivity index (χ0v) is 41.5. The minimum absolute atomic E-state index is 0.0211. The number of aryl methyl sites for hydroxylation is 1. The molecular weight excluding hydrogens is 927 g/mol. The highest BCUT2D eigenvalue weighted by Gasteiger charge is 2.33. The number of nitrogens with zero attached hydrogens (tertiary/aromatic N) is 7. The first kappa shape index (κ1) is 47.2. The monoisotopic (exact) mass is 985 g/mol. The third-order valence-corrected chi connectivity index (χ3v) is 16.3. The van der Waals surface area contributed by atoms with Crippen molar-refractivity contribution in [3.8, 4) is 16.9 Å². The summed E-state index contributed by atoms with van der Waals surface area (Å²) in [7, 11) is 1.94. The van der Waals surface area contributed by atoms with Gasteiger partial charge in [0.2, 0.25) is 11.8 Å². The van der Waals surface area contributed by atoms with Gasteiger partial charge in [-0.3, -0.25) is 34.6 Å². The fourth-order valence-electron chi connectivity index (χ4n) is 11.5. The van der Waals surface area contributed by atoms with Gasteiger partial charge in [-0.1, -0.05) is 59.9 Å². The van der Waals surface area contributed by atoms with Crippen molar-refractivity contribution in [2.24, 2.45) is 13.0 Å². The van der Waals surface area contributed by atoms with Crippen LogP contribution in [0.5, 0.6) is 5.75 Å². The number of ether oxygens (including phenoxy) is 1. The van der Waals surface area contributed by atoms with Crippen LogP contribution in [0.25, 0.3) is 32.2 Å². The van der Waals surface area contributed by atoms with Crippen LogP contribution in [0.3, 0.4) is 0 Å². The lowest BCUT2D eigenvalue weighted by Gasteiger charge is -2.37. The van der Waals surface area contributed by atoms with Crippen LogP contribution in [-0.4, -0.2) is 98.8 Å². The molecule has 3 fully saturated rings. The van der Waals surface area contributed by atoms with Crippen LogP contribution in [0.1, 0.15) is 101 Å². The van der Waals surface area contributed by atoms with E-state index in [1.54, 1.807) is 0 Å². The molecule has 1 atom stereocenters. The second-order valence-electron chi connectivity index (χ2n) is 19.8. The molecule has 15 nitrogen and oxygen atoms in total. The van der Waals surface area contributed by atoms with E-state index in [1.807, 2.05) is 102 Å². The summed E-state index contributed by atoms with van der Waals surface area (Å²) in [5.74, 6) is -0.238. The Morgan fingerprint density at radius 3 is 2.44 bits per heavy atom. The number of hydrogen-bond acceptors (Lipinski definition) is 12. The van der Waals surface area contributed by atoms with Crippen molar-refractivity contribution < 1.29 is 29.0 Å². The fraction of sp³-hybridized carbons (Fsp3) is 0.375. The molecule has 3 amide bonds. The molecule has 6 heterocycles. The maximum absolute atomic E-state index is 13.7. The van der Waals surface area contributed by atoms with Gasteiger partial charge < -0.3 is 19.6 Å². The van der Waals surface area contributed by atoms with E-state index in [2.05, 4.69) is 37.6 Å². The minimum atomic E-state index is -1.10. The number of carbonyl (C=O) groups is 4. The van der Waals surface area contributed by atoms with Gasteiger partial charge in [-0.15, -0.1) is 0 Å². The van der Waals surface area contributed by atoms with E-state index >= 15 is 0 Å². The highest BCUT2D eigenvalue weighted by molar-refractivity contribution is 7.22. The number of carboxylic acids is 1. The number of fused-ring (bicyclic) bond motifs is 3. The number of pyridine rings is 1. The molecule has 3 aromatic heterocycles. The number of carboxylic acid groups (broad SMARTS) is 1. The highest BCUT2D eigenvalue weighted by Crippen LogP contribution is 2.39. The average Bonchev–Trinajstić information content (AvgIpc) is 3.96. The van der Waals surface area contributed by atoms with E-state index in [1.165, 1.54) is 17.8 Å². The van der Waals surface area contributed by atoms with Crippen LogP contribution in [0.15, 0.2) is 91.0 Å². The molecule has 4 aliphatic rings. The molecule has 72 heavy (non-hydrogen) atoms. The zero-order valence-electron chi connectivity index (χ0n) is 40.7. The van der Waals surface area contributed by atoms with Gasteiger partial charge in [-0.25, -0.2) is 14.8 Å². The Morgan fingerprint density at radius 2 is 1.64 bits per heavy atom. The quantitative estimate of drug-likeness (QED) is 0.0937. The number of nitrogens with one attached hydrogen (secondary N) is 2. The number of anilines is 3. The van der Waals surface area contributed by atoms with Gasteiger partial charge in [0.05, 0.1) is 39.1 Å². The highest BCUT2D eigenvalue weighted by atomic mass is 32.1. The molecule has 16 heteroatoms. The Balaban J connectivity index is 0.672. The maximum atomic E-state index is 13.7. The fourth-order valence-corrected chi connectivity index (χ4v) is 12.3. The van der Waals surface area contributed by atoms with Crippen LogP contribution in [-0.2, 0) is 29.6 Å². The number of piperidine rings is 1. The number of benzene rings is 4. The SMILES string of the molecule is Cc1c(O[C@H]2CC[C@@H](CCCN3CCN(c4cccc5c(C6CCC(=O)NC6=O)nn(C)c45)CC3)CC2)cccc1-c1ccc(N2CCc3cccc(C(=O)Nc4nc5ccccc5s4)c3C2)nc1C(=O)O. The van der Waals surface area contributed by atoms with E-state index in [0.29, 0.717) is 60.3 Å². The summed E-state index contributed by atoms with van der Waals surface area (Å²) in [5, 5.41) is 22.4. The van der Waals surface area contributed by atoms with Crippen LogP contribution >= 0.6 is 11.3 Å². The van der Waals surface area contributed by atoms with E-state index in [4.69, 9.17) is 14.8 Å². The van der Waals surface area contributed by atoms with Crippen molar-refractivity contribution in [1.82, 2.24) is 30.0 Å². The largest absolute Gasteiger partial charge is 0.490 e. The molecule has 1 saturated carbocycles. The smallest absolute Gasteiger partial charge is 0.355 e. The summed E-state index contributed by atoms with van der Waals surface area (Å²) >= 11 is 1.44. The third-order valence-electron chi connectivity index (χ3n) is 15.3. The van der Waals surface area contributed by atoms with Gasteiger partial charge in [0, 0.05) is 69.3 Å². The van der Waals surface area contributed by atoms with Gasteiger partial charge in [0.25, 0.3) is 5.91 Å². The van der Waals surface area contributed by atoms with Crippen molar-refractivity contribution in [2.45, 2.75) is 83.3 Å². The number of thiazole rings is 1. The van der Waals surface area contributed by atoms with Crippen molar-refractivity contribution in [3.63, 3.8) is 0 Å². The molecule has 2 saturated heterocycles. The first-order chi connectivity index (χ1) is 35.0. The topological polar surface area (TPSA) is 175 Å². The van der Waals surface area contributed by atoms with Gasteiger partial charge in [0.1, 0.15) is 11.6 Å². The molecule has 11 rings (SSSR count). The van der Waals surface area contributed by atoms with E-state index < -0.39 is 11.9 Å². The Labute approximate surface area is 422 Å². The predicted octanol–water partition coefficient (Wildman–Crippen LogP) is 9.13. The van der Waals surface area contributed by atoms with Gasteiger partial charge in [0.15, 0.2) is 10.8 Å². The number of hydrogen-bond donors (Lipinski definition) is 3. The average molecular weight is 986 g/mol. The van der Waals surface area contributed by atoms with Crippen LogP contribution in [0.4, 0.5) is 16.6 Å². The van der Waals surface area contributed by atoms with E-state index in [-0.39, 0.29) is 29.5 Å². The summed E-state index contributed by atoms with van der Waals surface area (Å²) < 4.78 is 9.59. The standard InChI is InChI=1S/C56H59N9O6S/c1-34-38(39-22-24-48(58-51(39)55(69)70)65-28-26-36-10-5-12-40(43(36)33-65)53(67)60-56-57-44-14-3-4-17-47(44)72-56)11-7-16-46(34)71-37-20-18-35(19-21-37)9-8-27-63-29-31-64(32-30-63)45-15-6-13-41-50(61-62(2)52(41)45)42-23-25-49(66)59-54(42)68/h3-7,10-17,22,24,35,37,42H,8-9,18-21,23,25-33H2,1-2H3,(H,69,70)(H,57,60,67)(H,59,66,68)/t35-,37+,42?. The second kappa shape index (κ2) is 20.1. The maximum Gasteiger partial charge on any atom is 0.355 e. The number of imide groups is 1. The number of carbonyl (C=O) groups excluding carboxylic acids is 3. The molecule has 1 unspecified atom stereocenters. The van der Waals surface area contributed by atoms with E-state index in [0.717, 1.165) is 125 Å². The summed E-state index contributed by atoms with van der Waals surface area (Å²) in [6.07, 6.45) is 8.18. The summed E-state index contributed by atoms with van der Waals surface area (Å²) in [4.78, 5) is 67.5. The van der Waals surface area contributed by atoms with Crippen molar-refractivity contribution >= 4 is 72.8 Å². The number of aromatic nitrogens is 4. The van der Waals surface area contributed by atoms with Crippen LogP contribution in [0, 0.1) is 12.8 Å². The molecule has 0 spiro atoms. The predicted molar refractivity (Wildman–Crippen MR) is 280 cm³/mol. The molecular formula is C56H59N9O6S. The normalized spacial score (nSPS) is 19.6. The molecule has 0 bridgehead atoms. The lowest BCUT2D eigenvalue weighted by Crippen LogP contribution is -2.46. The number of rotatable bonds is 13. The lowest BCUT2D eigenvalue weighted by atomic mass is 9.84. The molecule has 3 N–H and O–H groups in total. The van der Waals surface area contributed by atoms with Crippen LogP contribution in [0.2, 0.25) is 0 Å². The molecule has 3 aliphatic heterocycles. The van der Waals surface area contributed by atoms with Gasteiger partial charge in [-0.2, -0.15) is 5.10 Å². The van der Waals surface area contributed by atoms with Crippen molar-refractivity contribution in [1.29, 1.82) is 0 Å². The summed E-state index contributed by atoms with van der Waals surface area (Å²) in [6, 6.07) is 29.4. The number of para-hydroxylation sites is 2. The van der Waals surface area contributed by atoms with Gasteiger partial charge in [-0.05, 0) is 135 Å². The summed E-state index contributed by atoms with van der Waals surface area (Å²) in [6.45, 7) is 7.95. The minimum Gasteiger partial charge on any atom is -0.490 e. The van der Waals surface area contributed by atoms with Crippen molar-refractivity contribution in [3.05, 3.63) is 125 Å². The summed E-state index contributed by atoms with van der Waals surface area (Å²) in [5.41, 5.74) is 8.50. The van der Waals surface area contributed by atoms with Gasteiger partial charge >= 0.3 is 5.97 Å². The lowest BCUT2D eigenvalue weighted by molar-refractivity contribution is -0.134. The Kier molecular flexibility index (Phi) is 13.2. The first-order valence-corrected chi connectivity index (χ1v) is 26.2.